The highest BCUT2D eigenvalue weighted by atomic mass is 35.5. The Balaban J connectivity index is 2.11. The van der Waals surface area contributed by atoms with E-state index in [1.54, 1.807) is 6.07 Å². The van der Waals surface area contributed by atoms with Crippen LogP contribution in [0.3, 0.4) is 0 Å². The molecule has 23 heavy (non-hydrogen) atoms. The summed E-state index contributed by atoms with van der Waals surface area (Å²) in [6, 6.07) is 4.32. The van der Waals surface area contributed by atoms with E-state index >= 15 is 0 Å². The van der Waals surface area contributed by atoms with Gasteiger partial charge in [-0.3, -0.25) is 0 Å². The molecule has 2 aromatic heterocycles. The summed E-state index contributed by atoms with van der Waals surface area (Å²) in [6.07, 6.45) is -3.00. The Labute approximate surface area is 143 Å². The van der Waals surface area contributed by atoms with Gasteiger partial charge >= 0.3 is 6.18 Å². The Kier molecular flexibility index (Phi) is 4.33. The minimum Gasteiger partial charge on any atom is -0.217 e. The summed E-state index contributed by atoms with van der Waals surface area (Å²) in [6.45, 7) is 3.87. The molecule has 0 bridgehead atoms. The van der Waals surface area contributed by atoms with Gasteiger partial charge in [0.05, 0.1) is 17.5 Å². The highest BCUT2D eigenvalue weighted by Crippen LogP contribution is 2.40. The summed E-state index contributed by atoms with van der Waals surface area (Å²) in [7, 11) is 0. The molecule has 122 valence electrons. The van der Waals surface area contributed by atoms with Crippen LogP contribution in [0.1, 0.15) is 19.4 Å². The standard InChI is InChI=1S/C14H11ClF3N3S2/c1-7(2)22-8-3-4-9(10(5-8)14(16,17)18)11-6-21-13(19-11)23-12(15)20-21/h3-7H,1-2H3. The molecule has 3 aromatic rings. The Morgan fingerprint density at radius 2 is 2.04 bits per heavy atom. The lowest BCUT2D eigenvalue weighted by Gasteiger charge is -2.14. The van der Waals surface area contributed by atoms with E-state index in [1.807, 2.05) is 13.8 Å². The zero-order chi connectivity index (χ0) is 16.8. The van der Waals surface area contributed by atoms with Crippen molar-refractivity contribution in [2.45, 2.75) is 30.2 Å². The van der Waals surface area contributed by atoms with Crippen LogP contribution in [0.4, 0.5) is 13.2 Å². The molecule has 3 rings (SSSR count). The predicted molar refractivity (Wildman–Crippen MR) is 87.3 cm³/mol. The van der Waals surface area contributed by atoms with Gasteiger partial charge in [-0.2, -0.15) is 13.2 Å². The zero-order valence-electron chi connectivity index (χ0n) is 12.1. The number of hydrogen-bond acceptors (Lipinski definition) is 4. The Morgan fingerprint density at radius 3 is 2.65 bits per heavy atom. The normalized spacial score (nSPS) is 12.5. The van der Waals surface area contributed by atoms with Crippen molar-refractivity contribution >= 4 is 39.7 Å². The van der Waals surface area contributed by atoms with Crippen LogP contribution in [0.15, 0.2) is 29.3 Å². The van der Waals surface area contributed by atoms with E-state index in [0.29, 0.717) is 14.3 Å². The number of hydrogen-bond donors (Lipinski definition) is 0. The molecule has 0 spiro atoms. The number of halogens is 4. The third-order valence-electron chi connectivity index (χ3n) is 2.96. The summed E-state index contributed by atoms with van der Waals surface area (Å²) >= 11 is 8.26. The van der Waals surface area contributed by atoms with Crippen molar-refractivity contribution in [3.63, 3.8) is 0 Å². The van der Waals surface area contributed by atoms with Crippen LogP contribution in [0.2, 0.25) is 4.47 Å². The van der Waals surface area contributed by atoms with Crippen LogP contribution in [0.25, 0.3) is 16.2 Å². The molecule has 0 aliphatic rings. The van der Waals surface area contributed by atoms with Gasteiger partial charge in [0.1, 0.15) is 0 Å². The fraction of sp³-hybridized carbons (Fsp3) is 0.286. The average molecular weight is 378 g/mol. The fourth-order valence-corrected chi connectivity index (χ4v) is 3.91. The van der Waals surface area contributed by atoms with Gasteiger partial charge in [-0.25, -0.2) is 9.50 Å². The van der Waals surface area contributed by atoms with E-state index in [4.69, 9.17) is 11.6 Å². The summed E-state index contributed by atoms with van der Waals surface area (Å²) in [5, 5.41) is 4.16. The second-order valence-corrected chi connectivity index (χ2v) is 8.27. The molecule has 0 amide bonds. The Bertz CT molecular complexity index is 823. The number of rotatable bonds is 3. The molecule has 0 N–H and O–H groups in total. The maximum atomic E-state index is 13.4. The molecule has 0 radical (unpaired) electrons. The monoisotopic (exact) mass is 377 g/mol. The van der Waals surface area contributed by atoms with Crippen molar-refractivity contribution in [3.8, 4) is 11.3 Å². The number of aromatic nitrogens is 3. The van der Waals surface area contributed by atoms with Gasteiger partial charge in [0.2, 0.25) is 9.43 Å². The van der Waals surface area contributed by atoms with Crippen LogP contribution in [-0.2, 0) is 6.18 Å². The van der Waals surface area contributed by atoms with Crippen LogP contribution in [-0.4, -0.2) is 19.8 Å². The van der Waals surface area contributed by atoms with Gasteiger partial charge in [0, 0.05) is 15.7 Å². The Morgan fingerprint density at radius 1 is 1.30 bits per heavy atom. The van der Waals surface area contributed by atoms with Crippen molar-refractivity contribution in [1.82, 2.24) is 14.6 Å². The van der Waals surface area contributed by atoms with Gasteiger partial charge in [0.15, 0.2) is 0 Å². The second kappa shape index (κ2) is 5.99. The summed E-state index contributed by atoms with van der Waals surface area (Å²) in [4.78, 5) is 5.24. The summed E-state index contributed by atoms with van der Waals surface area (Å²) in [5.74, 6) is 0. The molecular weight excluding hydrogens is 367 g/mol. The maximum absolute atomic E-state index is 13.4. The van der Waals surface area contributed by atoms with Crippen molar-refractivity contribution in [2.75, 3.05) is 0 Å². The first-order valence-corrected chi connectivity index (χ1v) is 8.71. The smallest absolute Gasteiger partial charge is 0.217 e. The fourth-order valence-electron chi connectivity index (χ4n) is 2.13. The van der Waals surface area contributed by atoms with Gasteiger partial charge in [0.25, 0.3) is 0 Å². The van der Waals surface area contributed by atoms with Gasteiger partial charge in [-0.1, -0.05) is 31.3 Å². The number of alkyl halides is 3. The molecule has 0 saturated carbocycles. The van der Waals surface area contributed by atoms with Crippen LogP contribution in [0.5, 0.6) is 0 Å². The molecular formula is C14H11ClF3N3S2. The quantitative estimate of drug-likeness (QED) is 0.554. The van der Waals surface area contributed by atoms with E-state index in [-0.39, 0.29) is 16.5 Å². The SMILES string of the molecule is CC(C)Sc1ccc(-c2cn3nc(Cl)sc3n2)c(C(F)(F)F)c1. The number of benzene rings is 1. The molecule has 0 aliphatic carbocycles. The first-order chi connectivity index (χ1) is 10.7. The van der Waals surface area contributed by atoms with E-state index in [2.05, 4.69) is 10.1 Å². The lowest BCUT2D eigenvalue weighted by Crippen LogP contribution is -2.07. The zero-order valence-corrected chi connectivity index (χ0v) is 14.4. The van der Waals surface area contributed by atoms with E-state index in [9.17, 15) is 13.2 Å². The number of imidazole rings is 1. The van der Waals surface area contributed by atoms with Gasteiger partial charge in [-0.05, 0) is 23.7 Å². The lowest BCUT2D eigenvalue weighted by molar-refractivity contribution is -0.137. The molecule has 9 heteroatoms. The molecule has 0 aliphatic heterocycles. The first kappa shape index (κ1) is 16.6. The maximum Gasteiger partial charge on any atom is 0.417 e. The van der Waals surface area contributed by atoms with Crippen molar-refractivity contribution < 1.29 is 13.2 Å². The highest BCUT2D eigenvalue weighted by molar-refractivity contribution is 7.99. The average Bonchev–Trinajstić information content (AvgIpc) is 2.94. The van der Waals surface area contributed by atoms with Crippen molar-refractivity contribution in [1.29, 1.82) is 0 Å². The van der Waals surface area contributed by atoms with E-state index in [1.165, 1.54) is 34.6 Å². The summed E-state index contributed by atoms with van der Waals surface area (Å²) in [5.41, 5.74) is -0.423. The van der Waals surface area contributed by atoms with Crippen LogP contribution >= 0.6 is 34.7 Å². The number of fused-ring (bicyclic) bond motifs is 1. The second-order valence-electron chi connectivity index (χ2n) is 5.08. The minimum atomic E-state index is -4.45. The number of nitrogens with zero attached hydrogens (tertiary/aromatic N) is 3. The topological polar surface area (TPSA) is 30.2 Å². The predicted octanol–water partition coefficient (Wildman–Crippen LogP) is 5.63. The third kappa shape index (κ3) is 3.49. The first-order valence-electron chi connectivity index (χ1n) is 6.64. The molecule has 0 unspecified atom stereocenters. The number of thioether (sulfide) groups is 1. The van der Waals surface area contributed by atoms with Gasteiger partial charge in [-0.15, -0.1) is 16.9 Å². The minimum absolute atomic E-state index is 0.0411. The lowest BCUT2D eigenvalue weighted by atomic mass is 10.0. The van der Waals surface area contributed by atoms with E-state index < -0.39 is 11.7 Å². The van der Waals surface area contributed by atoms with Crippen LogP contribution in [0, 0.1) is 0 Å². The molecule has 1 aromatic carbocycles. The molecule has 0 saturated heterocycles. The third-order valence-corrected chi connectivity index (χ3v) is 4.98. The van der Waals surface area contributed by atoms with E-state index in [0.717, 1.165) is 11.3 Å². The highest BCUT2D eigenvalue weighted by Gasteiger charge is 2.34. The molecule has 0 atom stereocenters. The Hall–Kier alpha value is -1.25. The molecule has 2 heterocycles. The van der Waals surface area contributed by atoms with Crippen molar-refractivity contribution in [3.05, 3.63) is 34.4 Å². The van der Waals surface area contributed by atoms with Gasteiger partial charge < -0.3 is 0 Å². The summed E-state index contributed by atoms with van der Waals surface area (Å²) < 4.78 is 41.9. The molecule has 3 nitrogen and oxygen atoms in total. The van der Waals surface area contributed by atoms with Crippen LogP contribution < -0.4 is 0 Å². The molecule has 0 fully saturated rings. The van der Waals surface area contributed by atoms with Crippen molar-refractivity contribution in [2.24, 2.45) is 0 Å². The largest absolute Gasteiger partial charge is 0.417 e.